The third-order valence-corrected chi connectivity index (χ3v) is 5.82. The molecule has 6 nitrogen and oxygen atoms in total. The van der Waals surface area contributed by atoms with E-state index in [0.717, 1.165) is 50.0 Å². The van der Waals surface area contributed by atoms with Gasteiger partial charge in [0.1, 0.15) is 12.4 Å². The molecule has 28 heavy (non-hydrogen) atoms. The van der Waals surface area contributed by atoms with E-state index in [0.29, 0.717) is 6.61 Å². The fraction of sp³-hybridized carbons (Fsp3) is 0.524. The highest BCUT2D eigenvalue weighted by atomic mass is 32.1. The lowest BCUT2D eigenvalue weighted by Gasteiger charge is -2.22. The van der Waals surface area contributed by atoms with Crippen LogP contribution in [0.15, 0.2) is 34.6 Å². The smallest absolute Gasteiger partial charge is 0.193 e. The second kappa shape index (κ2) is 10.3. The van der Waals surface area contributed by atoms with Crippen LogP contribution in [0.5, 0.6) is 5.75 Å². The summed E-state index contributed by atoms with van der Waals surface area (Å²) in [7, 11) is 3.84. The van der Waals surface area contributed by atoms with Gasteiger partial charge in [-0.15, -0.1) is 11.3 Å². The quantitative estimate of drug-likeness (QED) is 0.544. The van der Waals surface area contributed by atoms with Gasteiger partial charge in [-0.3, -0.25) is 4.99 Å². The maximum Gasteiger partial charge on any atom is 0.193 e. The Balaban J connectivity index is 1.38. The number of anilines is 1. The van der Waals surface area contributed by atoms with Crippen molar-refractivity contribution in [3.05, 3.63) is 40.9 Å². The molecule has 0 bridgehead atoms. The maximum atomic E-state index is 5.81. The van der Waals surface area contributed by atoms with Gasteiger partial charge in [0.25, 0.3) is 0 Å². The number of hydrogen-bond acceptors (Lipinski definition) is 5. The average molecular weight is 402 g/mol. The molecule has 0 amide bonds. The van der Waals surface area contributed by atoms with Gasteiger partial charge in [0, 0.05) is 45.5 Å². The molecule has 2 heterocycles. The number of likely N-dealkylation sites (N-methyl/N-ethyl adjacent to an activating group) is 1. The molecule has 1 saturated heterocycles. The summed E-state index contributed by atoms with van der Waals surface area (Å²) in [6.45, 7) is 6.57. The largest absolute Gasteiger partial charge is 0.492 e. The molecular formula is C21H31N5OS. The number of guanidine groups is 1. The first-order valence-electron chi connectivity index (χ1n) is 9.96. The van der Waals surface area contributed by atoms with Gasteiger partial charge in [0.15, 0.2) is 11.1 Å². The van der Waals surface area contributed by atoms with Gasteiger partial charge in [-0.05, 0) is 31.9 Å². The predicted octanol–water partition coefficient (Wildman–Crippen LogP) is 3.18. The number of aromatic nitrogens is 1. The third kappa shape index (κ3) is 5.86. The second-order valence-electron chi connectivity index (χ2n) is 7.12. The Labute approximate surface area is 172 Å². The van der Waals surface area contributed by atoms with Crippen molar-refractivity contribution in [2.45, 2.75) is 26.2 Å². The van der Waals surface area contributed by atoms with E-state index in [4.69, 9.17) is 9.72 Å². The van der Waals surface area contributed by atoms with Crippen molar-refractivity contribution in [2.75, 3.05) is 51.8 Å². The van der Waals surface area contributed by atoms with Crippen molar-refractivity contribution < 1.29 is 4.74 Å². The normalized spacial score (nSPS) is 14.4. The van der Waals surface area contributed by atoms with Crippen LogP contribution in [0.3, 0.4) is 0 Å². The molecule has 1 aliphatic rings. The zero-order chi connectivity index (χ0) is 19.8. The van der Waals surface area contributed by atoms with E-state index in [1.165, 1.54) is 23.5 Å². The number of nitrogens with zero attached hydrogens (tertiary/aromatic N) is 4. The molecule has 0 aliphatic carbocycles. The number of benzene rings is 1. The topological polar surface area (TPSA) is 53.0 Å². The Bertz CT molecular complexity index is 752. The summed E-state index contributed by atoms with van der Waals surface area (Å²) in [5.41, 5.74) is 2.39. The Hall–Kier alpha value is -2.28. The van der Waals surface area contributed by atoms with Crippen LogP contribution >= 0.6 is 11.3 Å². The Morgan fingerprint density at radius 1 is 1.29 bits per heavy atom. The lowest BCUT2D eigenvalue weighted by atomic mass is 10.2. The number of aliphatic imine (C=N–C) groups is 1. The third-order valence-electron chi connectivity index (χ3n) is 4.87. The van der Waals surface area contributed by atoms with E-state index in [1.807, 2.05) is 26.2 Å². The SMILES string of the molecule is CN=C(NCCc1csc(N2CCCC2)n1)N(C)CCOc1ccc(C)cc1. The highest BCUT2D eigenvalue weighted by molar-refractivity contribution is 7.13. The van der Waals surface area contributed by atoms with Crippen molar-refractivity contribution in [1.82, 2.24) is 15.2 Å². The van der Waals surface area contributed by atoms with Crippen LogP contribution in [0, 0.1) is 6.92 Å². The number of nitrogens with one attached hydrogen (secondary N) is 1. The van der Waals surface area contributed by atoms with Crippen molar-refractivity contribution in [3.63, 3.8) is 0 Å². The predicted molar refractivity (Wildman–Crippen MR) is 118 cm³/mol. The van der Waals surface area contributed by atoms with Crippen molar-refractivity contribution >= 4 is 22.4 Å². The van der Waals surface area contributed by atoms with Crippen LogP contribution in [-0.2, 0) is 6.42 Å². The molecule has 1 aromatic carbocycles. The van der Waals surface area contributed by atoms with E-state index in [-0.39, 0.29) is 0 Å². The van der Waals surface area contributed by atoms with Crippen LogP contribution in [0.4, 0.5) is 5.13 Å². The van der Waals surface area contributed by atoms with Crippen molar-refractivity contribution in [1.29, 1.82) is 0 Å². The molecule has 2 aromatic rings. The number of rotatable bonds is 8. The summed E-state index contributed by atoms with van der Waals surface area (Å²) in [6, 6.07) is 8.14. The number of thiazole rings is 1. The van der Waals surface area contributed by atoms with E-state index >= 15 is 0 Å². The Kier molecular flexibility index (Phi) is 7.54. The van der Waals surface area contributed by atoms with Crippen LogP contribution in [0.25, 0.3) is 0 Å². The minimum absolute atomic E-state index is 0.617. The fourth-order valence-electron chi connectivity index (χ4n) is 3.19. The first-order chi connectivity index (χ1) is 13.7. The number of ether oxygens (including phenoxy) is 1. The molecule has 1 aliphatic heterocycles. The van der Waals surface area contributed by atoms with Gasteiger partial charge in [-0.1, -0.05) is 17.7 Å². The molecule has 0 atom stereocenters. The number of hydrogen-bond donors (Lipinski definition) is 1. The fourth-order valence-corrected chi connectivity index (χ4v) is 4.11. The second-order valence-corrected chi connectivity index (χ2v) is 7.96. The van der Waals surface area contributed by atoms with Crippen molar-refractivity contribution in [3.8, 4) is 5.75 Å². The summed E-state index contributed by atoms with van der Waals surface area (Å²) in [6.07, 6.45) is 3.47. The Morgan fingerprint density at radius 3 is 2.75 bits per heavy atom. The molecule has 7 heteroatoms. The molecule has 0 spiro atoms. The molecular weight excluding hydrogens is 370 g/mol. The summed E-state index contributed by atoms with van der Waals surface area (Å²) in [5.74, 6) is 1.78. The summed E-state index contributed by atoms with van der Waals surface area (Å²) >= 11 is 1.76. The van der Waals surface area contributed by atoms with Gasteiger partial charge >= 0.3 is 0 Å². The molecule has 1 N–H and O–H groups in total. The van der Waals surface area contributed by atoms with Gasteiger partial charge in [-0.2, -0.15) is 0 Å². The standard InChI is InChI=1S/C21H31N5OS/c1-17-6-8-19(9-7-17)27-15-14-25(3)20(22-2)23-11-10-18-16-28-21(24-18)26-12-4-5-13-26/h6-9,16H,4-5,10-15H2,1-3H3,(H,22,23). The van der Waals surface area contributed by atoms with Gasteiger partial charge in [0.2, 0.25) is 0 Å². The lowest BCUT2D eigenvalue weighted by Crippen LogP contribution is -2.41. The summed E-state index contributed by atoms with van der Waals surface area (Å²) < 4.78 is 5.81. The molecule has 3 rings (SSSR count). The summed E-state index contributed by atoms with van der Waals surface area (Å²) in [5, 5.41) is 6.77. The van der Waals surface area contributed by atoms with Gasteiger partial charge in [-0.25, -0.2) is 4.98 Å². The highest BCUT2D eigenvalue weighted by Crippen LogP contribution is 2.24. The minimum atomic E-state index is 0.617. The number of aryl methyl sites for hydroxylation is 1. The zero-order valence-electron chi connectivity index (χ0n) is 17.1. The van der Waals surface area contributed by atoms with Crippen LogP contribution < -0.4 is 15.0 Å². The lowest BCUT2D eigenvalue weighted by molar-refractivity contribution is 0.281. The zero-order valence-corrected chi connectivity index (χ0v) is 18.0. The van der Waals surface area contributed by atoms with E-state index in [9.17, 15) is 0 Å². The van der Waals surface area contributed by atoms with Crippen LogP contribution in [0.2, 0.25) is 0 Å². The minimum Gasteiger partial charge on any atom is -0.492 e. The van der Waals surface area contributed by atoms with Crippen LogP contribution in [-0.4, -0.2) is 62.7 Å². The summed E-state index contributed by atoms with van der Waals surface area (Å²) in [4.78, 5) is 13.6. The van der Waals surface area contributed by atoms with Crippen molar-refractivity contribution in [2.24, 2.45) is 4.99 Å². The van der Waals surface area contributed by atoms with E-state index < -0.39 is 0 Å². The first kappa shape index (κ1) is 20.5. The monoisotopic (exact) mass is 401 g/mol. The first-order valence-corrected chi connectivity index (χ1v) is 10.8. The Morgan fingerprint density at radius 2 is 2.04 bits per heavy atom. The molecule has 1 aromatic heterocycles. The van der Waals surface area contributed by atoms with E-state index in [1.54, 1.807) is 11.3 Å². The van der Waals surface area contributed by atoms with Gasteiger partial charge in [0.05, 0.1) is 12.2 Å². The molecule has 1 fully saturated rings. The molecule has 0 unspecified atom stereocenters. The molecule has 152 valence electrons. The van der Waals surface area contributed by atoms with Crippen LogP contribution in [0.1, 0.15) is 24.1 Å². The average Bonchev–Trinajstić information content (AvgIpc) is 3.38. The molecule has 0 saturated carbocycles. The molecule has 0 radical (unpaired) electrons. The maximum absolute atomic E-state index is 5.81. The highest BCUT2D eigenvalue weighted by Gasteiger charge is 2.15. The van der Waals surface area contributed by atoms with E-state index in [2.05, 4.69) is 44.5 Å². The van der Waals surface area contributed by atoms with Gasteiger partial charge < -0.3 is 19.9 Å².